The van der Waals surface area contributed by atoms with Crippen LogP contribution in [0.5, 0.6) is 5.75 Å². The van der Waals surface area contributed by atoms with Crippen molar-refractivity contribution in [2.45, 2.75) is 6.92 Å². The van der Waals surface area contributed by atoms with E-state index in [9.17, 15) is 0 Å². The highest BCUT2D eigenvalue weighted by atomic mass is 16.5. The Morgan fingerprint density at radius 1 is 1.13 bits per heavy atom. The lowest BCUT2D eigenvalue weighted by molar-refractivity contribution is 0.414. The summed E-state index contributed by atoms with van der Waals surface area (Å²) < 4.78 is 5.29. The van der Waals surface area contributed by atoms with Crippen molar-refractivity contribution in [2.24, 2.45) is 0 Å². The van der Waals surface area contributed by atoms with Gasteiger partial charge < -0.3 is 4.74 Å². The van der Waals surface area contributed by atoms with E-state index in [0.29, 0.717) is 0 Å². The lowest BCUT2D eigenvalue weighted by atomic mass is 10.1. The summed E-state index contributed by atoms with van der Waals surface area (Å²) in [6.45, 7) is 1.98. The second kappa shape index (κ2) is 4.13. The fourth-order valence-corrected chi connectivity index (χ4v) is 1.55. The minimum atomic E-state index is 0.812. The van der Waals surface area contributed by atoms with Crippen LogP contribution in [-0.2, 0) is 0 Å². The molecular formula is C13H13NO. The molecule has 2 heteroatoms. The predicted octanol–water partition coefficient (Wildman–Crippen LogP) is 3.07. The van der Waals surface area contributed by atoms with Crippen LogP contribution in [0, 0.1) is 6.92 Å². The van der Waals surface area contributed by atoms with Crippen LogP contribution in [0.3, 0.4) is 0 Å². The van der Waals surface area contributed by atoms with E-state index in [1.165, 1.54) is 0 Å². The molecule has 0 amide bonds. The van der Waals surface area contributed by atoms with Crippen LogP contribution in [0.1, 0.15) is 5.69 Å². The van der Waals surface area contributed by atoms with Crippen LogP contribution in [-0.4, -0.2) is 12.1 Å². The Kier molecular flexibility index (Phi) is 2.68. The van der Waals surface area contributed by atoms with Gasteiger partial charge in [0.1, 0.15) is 5.75 Å². The average Bonchev–Trinajstić information content (AvgIpc) is 2.30. The summed E-state index contributed by atoms with van der Waals surface area (Å²) in [5.74, 6) is 0.812. The molecule has 0 atom stereocenters. The molecule has 2 rings (SSSR count). The Balaban J connectivity index is 2.56. The van der Waals surface area contributed by atoms with Gasteiger partial charge in [0, 0.05) is 11.3 Å². The van der Waals surface area contributed by atoms with Crippen LogP contribution >= 0.6 is 0 Å². The predicted molar refractivity (Wildman–Crippen MR) is 61.0 cm³/mol. The summed E-state index contributed by atoms with van der Waals surface area (Å²) in [5, 5.41) is 0. The first-order valence-corrected chi connectivity index (χ1v) is 4.87. The summed E-state index contributed by atoms with van der Waals surface area (Å²) in [6, 6.07) is 12.2. The van der Waals surface area contributed by atoms with Gasteiger partial charge in [-0.15, -0.1) is 0 Å². The number of benzene rings is 1. The van der Waals surface area contributed by atoms with E-state index < -0.39 is 0 Å². The van der Waals surface area contributed by atoms with Crippen LogP contribution in [0.15, 0.2) is 42.6 Å². The lowest BCUT2D eigenvalue weighted by Crippen LogP contribution is -1.91. The Hall–Kier alpha value is -1.83. The van der Waals surface area contributed by atoms with Gasteiger partial charge in [0.05, 0.1) is 13.3 Å². The monoisotopic (exact) mass is 199 g/mol. The van der Waals surface area contributed by atoms with E-state index in [1.54, 1.807) is 13.3 Å². The smallest absolute Gasteiger partial charge is 0.144 e. The molecule has 0 aliphatic carbocycles. The third-order valence-electron chi connectivity index (χ3n) is 2.31. The number of pyridine rings is 1. The Morgan fingerprint density at radius 2 is 1.87 bits per heavy atom. The number of hydrogen-bond acceptors (Lipinski definition) is 2. The number of methoxy groups -OCH3 is 1. The number of aryl methyl sites for hydroxylation is 1. The quantitative estimate of drug-likeness (QED) is 0.741. The first-order chi connectivity index (χ1) is 7.31. The number of nitrogens with zero attached hydrogens (tertiary/aromatic N) is 1. The summed E-state index contributed by atoms with van der Waals surface area (Å²) in [7, 11) is 1.67. The van der Waals surface area contributed by atoms with E-state index in [4.69, 9.17) is 4.74 Å². The van der Waals surface area contributed by atoms with Crippen molar-refractivity contribution >= 4 is 0 Å². The maximum absolute atomic E-state index is 5.29. The van der Waals surface area contributed by atoms with Gasteiger partial charge in [0.2, 0.25) is 0 Å². The van der Waals surface area contributed by atoms with Gasteiger partial charge >= 0.3 is 0 Å². The molecule has 0 fully saturated rings. The third-order valence-corrected chi connectivity index (χ3v) is 2.31. The molecule has 76 valence electrons. The van der Waals surface area contributed by atoms with Crippen molar-refractivity contribution in [3.8, 4) is 16.9 Å². The maximum atomic E-state index is 5.29. The number of rotatable bonds is 2. The standard InChI is InChI=1S/C13H13NO/c1-10-8-12(13(15-2)9-14-10)11-6-4-3-5-7-11/h3-9H,1-2H3. The highest BCUT2D eigenvalue weighted by Crippen LogP contribution is 2.29. The number of ether oxygens (including phenoxy) is 1. The van der Waals surface area contributed by atoms with Crippen LogP contribution in [0.2, 0.25) is 0 Å². The molecular weight excluding hydrogens is 186 g/mol. The van der Waals surface area contributed by atoms with Gasteiger partial charge in [0.25, 0.3) is 0 Å². The van der Waals surface area contributed by atoms with Gasteiger partial charge in [-0.2, -0.15) is 0 Å². The molecule has 0 spiro atoms. The van der Waals surface area contributed by atoms with Gasteiger partial charge in [-0.3, -0.25) is 4.98 Å². The van der Waals surface area contributed by atoms with Crippen molar-refractivity contribution in [1.29, 1.82) is 0 Å². The van der Waals surface area contributed by atoms with Gasteiger partial charge in [-0.1, -0.05) is 30.3 Å². The van der Waals surface area contributed by atoms with Crippen LogP contribution < -0.4 is 4.74 Å². The van der Waals surface area contributed by atoms with Gasteiger partial charge in [0.15, 0.2) is 0 Å². The maximum Gasteiger partial charge on any atom is 0.144 e. The second-order valence-corrected chi connectivity index (χ2v) is 3.39. The minimum absolute atomic E-state index is 0.812. The van der Waals surface area contributed by atoms with Crippen molar-refractivity contribution in [1.82, 2.24) is 4.98 Å². The summed E-state index contributed by atoms with van der Waals surface area (Å²) >= 11 is 0. The Morgan fingerprint density at radius 3 is 2.53 bits per heavy atom. The van der Waals surface area contributed by atoms with Crippen molar-refractivity contribution in [3.63, 3.8) is 0 Å². The fourth-order valence-electron chi connectivity index (χ4n) is 1.55. The highest BCUT2D eigenvalue weighted by Gasteiger charge is 2.05. The van der Waals surface area contributed by atoms with E-state index >= 15 is 0 Å². The third kappa shape index (κ3) is 1.99. The largest absolute Gasteiger partial charge is 0.494 e. The molecule has 1 aromatic heterocycles. The Bertz CT molecular complexity index is 451. The molecule has 15 heavy (non-hydrogen) atoms. The second-order valence-electron chi connectivity index (χ2n) is 3.39. The first-order valence-electron chi connectivity index (χ1n) is 4.87. The highest BCUT2D eigenvalue weighted by molar-refractivity contribution is 5.70. The summed E-state index contributed by atoms with van der Waals surface area (Å²) in [6.07, 6.45) is 1.76. The summed E-state index contributed by atoms with van der Waals surface area (Å²) in [5.41, 5.74) is 3.24. The molecule has 2 nitrogen and oxygen atoms in total. The van der Waals surface area contributed by atoms with Gasteiger partial charge in [-0.05, 0) is 18.6 Å². The minimum Gasteiger partial charge on any atom is -0.494 e. The topological polar surface area (TPSA) is 22.1 Å². The molecule has 0 aliphatic heterocycles. The van der Waals surface area contributed by atoms with E-state index in [-0.39, 0.29) is 0 Å². The van der Waals surface area contributed by atoms with Crippen molar-refractivity contribution < 1.29 is 4.74 Å². The van der Waals surface area contributed by atoms with Crippen LogP contribution in [0.25, 0.3) is 11.1 Å². The molecule has 0 saturated carbocycles. The fraction of sp³-hybridized carbons (Fsp3) is 0.154. The normalized spacial score (nSPS) is 10.0. The zero-order chi connectivity index (χ0) is 10.7. The van der Waals surface area contributed by atoms with Crippen LogP contribution in [0.4, 0.5) is 0 Å². The Labute approximate surface area is 89.6 Å². The zero-order valence-corrected chi connectivity index (χ0v) is 8.90. The molecule has 0 unspecified atom stereocenters. The van der Waals surface area contributed by atoms with Crippen molar-refractivity contribution in [2.75, 3.05) is 7.11 Å². The molecule has 2 aromatic rings. The van der Waals surface area contributed by atoms with E-state index in [2.05, 4.69) is 17.1 Å². The number of hydrogen-bond donors (Lipinski definition) is 0. The lowest BCUT2D eigenvalue weighted by Gasteiger charge is -2.08. The molecule has 0 bridgehead atoms. The summed E-state index contributed by atoms with van der Waals surface area (Å²) in [4.78, 5) is 4.21. The van der Waals surface area contributed by atoms with E-state index in [0.717, 1.165) is 22.6 Å². The molecule has 1 heterocycles. The molecule has 0 aliphatic rings. The number of aromatic nitrogens is 1. The SMILES string of the molecule is COc1cnc(C)cc1-c1ccccc1. The molecule has 0 N–H and O–H groups in total. The van der Waals surface area contributed by atoms with E-state index in [1.807, 2.05) is 31.2 Å². The molecule has 0 radical (unpaired) electrons. The van der Waals surface area contributed by atoms with Gasteiger partial charge in [-0.25, -0.2) is 0 Å². The molecule has 1 aromatic carbocycles. The average molecular weight is 199 g/mol. The van der Waals surface area contributed by atoms with Crippen molar-refractivity contribution in [3.05, 3.63) is 48.3 Å². The first kappa shape index (κ1) is 9.71. The molecule has 0 saturated heterocycles. The zero-order valence-electron chi connectivity index (χ0n) is 8.90.